The van der Waals surface area contributed by atoms with Gasteiger partial charge in [-0.3, -0.25) is 19.5 Å². The predicted octanol–water partition coefficient (Wildman–Crippen LogP) is 0.672. The molecule has 0 radical (unpaired) electrons. The second-order valence-corrected chi connectivity index (χ2v) is 6.84. The molecule has 1 aliphatic heterocycles. The first-order chi connectivity index (χ1) is 11.3. The van der Waals surface area contributed by atoms with E-state index in [9.17, 15) is 9.59 Å². The number of carbonyl (C=O) groups is 2. The summed E-state index contributed by atoms with van der Waals surface area (Å²) in [6.07, 6.45) is 1.48. The van der Waals surface area contributed by atoms with Crippen molar-refractivity contribution in [3.05, 3.63) is 29.6 Å². The molecule has 0 unspecified atom stereocenters. The monoisotopic (exact) mass is 334 g/mol. The molecule has 1 aromatic heterocycles. The van der Waals surface area contributed by atoms with E-state index in [4.69, 9.17) is 4.74 Å². The van der Waals surface area contributed by atoms with Crippen LogP contribution in [0.5, 0.6) is 0 Å². The number of nitrogens with one attached hydrogen (secondary N) is 2. The van der Waals surface area contributed by atoms with Crippen molar-refractivity contribution in [2.24, 2.45) is 0 Å². The van der Waals surface area contributed by atoms with Crippen molar-refractivity contribution in [3.63, 3.8) is 0 Å². The first-order valence-corrected chi connectivity index (χ1v) is 8.22. The molecular weight excluding hydrogens is 308 g/mol. The van der Waals surface area contributed by atoms with Gasteiger partial charge >= 0.3 is 0 Å². The van der Waals surface area contributed by atoms with E-state index in [0.29, 0.717) is 12.1 Å². The zero-order valence-corrected chi connectivity index (χ0v) is 14.6. The van der Waals surface area contributed by atoms with Crippen LogP contribution in [-0.2, 0) is 4.74 Å². The second-order valence-electron chi connectivity index (χ2n) is 6.84. The van der Waals surface area contributed by atoms with Crippen LogP contribution in [0.3, 0.4) is 0 Å². The van der Waals surface area contributed by atoms with Gasteiger partial charge in [0.2, 0.25) is 0 Å². The highest BCUT2D eigenvalue weighted by Crippen LogP contribution is 2.05. The van der Waals surface area contributed by atoms with Gasteiger partial charge in [0.15, 0.2) is 0 Å². The molecule has 2 heterocycles. The minimum Gasteiger partial charge on any atom is -0.379 e. The molecule has 7 nitrogen and oxygen atoms in total. The summed E-state index contributed by atoms with van der Waals surface area (Å²) >= 11 is 0. The number of amides is 2. The van der Waals surface area contributed by atoms with E-state index < -0.39 is 0 Å². The van der Waals surface area contributed by atoms with Gasteiger partial charge in [0.05, 0.1) is 13.2 Å². The fourth-order valence-corrected chi connectivity index (χ4v) is 2.35. The molecule has 0 spiro atoms. The van der Waals surface area contributed by atoms with Crippen molar-refractivity contribution < 1.29 is 14.3 Å². The van der Waals surface area contributed by atoms with Crippen LogP contribution in [0.4, 0.5) is 0 Å². The van der Waals surface area contributed by atoms with E-state index in [1.165, 1.54) is 12.3 Å². The third-order valence-corrected chi connectivity index (χ3v) is 3.56. The second kappa shape index (κ2) is 8.21. The number of ether oxygens (including phenoxy) is 1. The van der Waals surface area contributed by atoms with Crippen LogP contribution in [-0.4, -0.2) is 66.6 Å². The third-order valence-electron chi connectivity index (χ3n) is 3.56. The van der Waals surface area contributed by atoms with Gasteiger partial charge in [-0.15, -0.1) is 0 Å². The topological polar surface area (TPSA) is 83.6 Å². The normalized spacial score (nSPS) is 15.8. The highest BCUT2D eigenvalue weighted by molar-refractivity contribution is 5.98. The average molecular weight is 334 g/mol. The van der Waals surface area contributed by atoms with Gasteiger partial charge < -0.3 is 15.4 Å². The summed E-state index contributed by atoms with van der Waals surface area (Å²) in [7, 11) is 0. The number of rotatable bonds is 5. The van der Waals surface area contributed by atoms with E-state index in [0.717, 1.165) is 32.8 Å². The average Bonchev–Trinajstić information content (AvgIpc) is 2.54. The molecule has 2 rings (SSSR count). The Balaban J connectivity index is 1.87. The van der Waals surface area contributed by atoms with Crippen LogP contribution in [0.1, 0.15) is 41.6 Å². The standard InChI is InChI=1S/C17H26N4O3/c1-17(2,3)20-16(23)14-12-13(4-5-18-14)15(22)19-6-7-21-8-10-24-11-9-21/h4-5,12H,6-11H2,1-3H3,(H,19,22)(H,20,23). The lowest BCUT2D eigenvalue weighted by atomic mass is 10.1. The molecule has 1 aliphatic rings. The number of nitrogens with zero attached hydrogens (tertiary/aromatic N) is 2. The van der Waals surface area contributed by atoms with Crippen molar-refractivity contribution in [2.75, 3.05) is 39.4 Å². The first-order valence-electron chi connectivity index (χ1n) is 8.22. The van der Waals surface area contributed by atoms with E-state index >= 15 is 0 Å². The SMILES string of the molecule is CC(C)(C)NC(=O)c1cc(C(=O)NCCN2CCOCC2)ccn1. The fourth-order valence-electron chi connectivity index (χ4n) is 2.35. The van der Waals surface area contributed by atoms with Crippen LogP contribution in [0.2, 0.25) is 0 Å². The smallest absolute Gasteiger partial charge is 0.270 e. The van der Waals surface area contributed by atoms with Gasteiger partial charge in [0.1, 0.15) is 5.69 Å². The summed E-state index contributed by atoms with van der Waals surface area (Å²) in [5.74, 6) is -0.485. The Hall–Kier alpha value is -1.99. The number of hydrogen-bond acceptors (Lipinski definition) is 5. The first kappa shape index (κ1) is 18.4. The Morgan fingerprint density at radius 3 is 2.62 bits per heavy atom. The zero-order chi connectivity index (χ0) is 17.6. The minimum atomic E-state index is -0.352. The fraction of sp³-hybridized carbons (Fsp3) is 0.588. The molecule has 1 fully saturated rings. The van der Waals surface area contributed by atoms with Crippen molar-refractivity contribution in [2.45, 2.75) is 26.3 Å². The Bertz CT molecular complexity index is 577. The van der Waals surface area contributed by atoms with Gasteiger partial charge in [0, 0.05) is 43.5 Å². The van der Waals surface area contributed by atoms with Crippen LogP contribution >= 0.6 is 0 Å². The van der Waals surface area contributed by atoms with Crippen molar-refractivity contribution in [1.29, 1.82) is 0 Å². The molecule has 0 aromatic carbocycles. The summed E-state index contributed by atoms with van der Waals surface area (Å²) < 4.78 is 5.29. The maximum Gasteiger partial charge on any atom is 0.270 e. The van der Waals surface area contributed by atoms with Crippen LogP contribution in [0, 0.1) is 0 Å². The quantitative estimate of drug-likeness (QED) is 0.827. The largest absolute Gasteiger partial charge is 0.379 e. The van der Waals surface area contributed by atoms with Crippen molar-refractivity contribution in [1.82, 2.24) is 20.5 Å². The van der Waals surface area contributed by atoms with E-state index in [-0.39, 0.29) is 23.0 Å². The predicted molar refractivity (Wildman–Crippen MR) is 91.0 cm³/mol. The van der Waals surface area contributed by atoms with Crippen molar-refractivity contribution >= 4 is 11.8 Å². The Morgan fingerprint density at radius 1 is 1.25 bits per heavy atom. The maximum atomic E-state index is 12.2. The summed E-state index contributed by atoms with van der Waals surface area (Å²) in [4.78, 5) is 30.7. The molecule has 1 aromatic rings. The lowest BCUT2D eigenvalue weighted by molar-refractivity contribution is 0.0383. The lowest BCUT2D eigenvalue weighted by Gasteiger charge is -2.26. The molecule has 2 amide bonds. The number of morpholine rings is 1. The van der Waals surface area contributed by atoms with Crippen LogP contribution in [0.25, 0.3) is 0 Å². The Kier molecular flexibility index (Phi) is 6.28. The summed E-state index contributed by atoms with van der Waals surface area (Å²) in [6, 6.07) is 3.13. The molecule has 0 atom stereocenters. The maximum absolute atomic E-state index is 12.2. The molecule has 24 heavy (non-hydrogen) atoms. The Labute approximate surface area is 142 Å². The van der Waals surface area contributed by atoms with Crippen LogP contribution in [0.15, 0.2) is 18.3 Å². The van der Waals surface area contributed by atoms with E-state index in [1.54, 1.807) is 6.07 Å². The molecule has 1 saturated heterocycles. The van der Waals surface area contributed by atoms with Gasteiger partial charge in [-0.25, -0.2) is 0 Å². The summed E-state index contributed by atoms with van der Waals surface area (Å²) in [5.41, 5.74) is 0.326. The number of pyridine rings is 1. The van der Waals surface area contributed by atoms with Crippen molar-refractivity contribution in [3.8, 4) is 0 Å². The zero-order valence-electron chi connectivity index (χ0n) is 14.6. The lowest BCUT2D eigenvalue weighted by Crippen LogP contribution is -2.41. The molecule has 132 valence electrons. The highest BCUT2D eigenvalue weighted by atomic mass is 16.5. The molecule has 7 heteroatoms. The van der Waals surface area contributed by atoms with Gasteiger partial charge in [-0.1, -0.05) is 0 Å². The van der Waals surface area contributed by atoms with Crippen LogP contribution < -0.4 is 10.6 Å². The summed E-state index contributed by atoms with van der Waals surface area (Å²) in [6.45, 7) is 10.3. The van der Waals surface area contributed by atoms with E-state index in [2.05, 4.69) is 20.5 Å². The van der Waals surface area contributed by atoms with Gasteiger partial charge in [-0.2, -0.15) is 0 Å². The molecule has 0 saturated carbocycles. The van der Waals surface area contributed by atoms with E-state index in [1.807, 2.05) is 20.8 Å². The minimum absolute atomic E-state index is 0.199. The Morgan fingerprint density at radius 2 is 1.96 bits per heavy atom. The molecular formula is C17H26N4O3. The number of aromatic nitrogens is 1. The van der Waals surface area contributed by atoms with Gasteiger partial charge in [-0.05, 0) is 32.9 Å². The molecule has 0 aliphatic carbocycles. The van der Waals surface area contributed by atoms with Gasteiger partial charge in [0.25, 0.3) is 11.8 Å². The summed E-state index contributed by atoms with van der Waals surface area (Å²) in [5, 5.41) is 5.72. The molecule has 2 N–H and O–H groups in total. The number of hydrogen-bond donors (Lipinski definition) is 2. The third kappa shape index (κ3) is 5.90. The molecule has 0 bridgehead atoms. The highest BCUT2D eigenvalue weighted by Gasteiger charge is 2.17. The number of carbonyl (C=O) groups excluding carboxylic acids is 2.